The van der Waals surface area contributed by atoms with Gasteiger partial charge in [0.1, 0.15) is 35.7 Å². The fraction of sp³-hybridized carbons (Fsp3) is 0.394. The molecule has 5 heterocycles. The molecule has 3 aromatic carbocycles. The van der Waals surface area contributed by atoms with Gasteiger partial charge < -0.3 is 20.1 Å². The van der Waals surface area contributed by atoms with E-state index < -0.39 is 23.3 Å². The van der Waals surface area contributed by atoms with Gasteiger partial charge in [0.25, 0.3) is 0 Å². The monoisotopic (exact) mass is 585 g/mol. The van der Waals surface area contributed by atoms with E-state index >= 15 is 4.39 Å². The summed E-state index contributed by atoms with van der Waals surface area (Å²) in [6.07, 6.45) is 7.93. The van der Waals surface area contributed by atoms with Crippen molar-refractivity contribution in [1.82, 2.24) is 20.2 Å². The summed E-state index contributed by atoms with van der Waals surface area (Å²) in [5, 5.41) is 15.3. The van der Waals surface area contributed by atoms with Crippen molar-refractivity contribution in [1.29, 1.82) is 0 Å². The lowest BCUT2D eigenvalue weighted by Gasteiger charge is -2.32. The topological polar surface area (TPSA) is 73.8 Å². The highest BCUT2D eigenvalue weighted by Gasteiger charge is 2.49. The minimum atomic E-state index is -0.903. The molecular weight excluding hydrogens is 555 g/mol. The van der Waals surface area contributed by atoms with E-state index in [0.29, 0.717) is 41.0 Å². The summed E-state index contributed by atoms with van der Waals surface area (Å²) in [5.41, 5.74) is 0.00851. The molecule has 220 valence electrons. The molecule has 2 N–H and O–H groups in total. The van der Waals surface area contributed by atoms with Gasteiger partial charge in [0.15, 0.2) is 5.82 Å². The Morgan fingerprint density at radius 2 is 2.02 bits per heavy atom. The van der Waals surface area contributed by atoms with E-state index in [0.717, 1.165) is 38.9 Å². The van der Waals surface area contributed by atoms with Crippen molar-refractivity contribution in [2.45, 2.75) is 49.5 Å². The van der Waals surface area contributed by atoms with Crippen LogP contribution in [0.3, 0.4) is 0 Å². The zero-order valence-electron chi connectivity index (χ0n) is 23.4. The Morgan fingerprint density at radius 1 is 1.14 bits per heavy atom. The van der Waals surface area contributed by atoms with Crippen molar-refractivity contribution < 1.29 is 23.0 Å². The highest BCUT2D eigenvalue weighted by atomic mass is 19.1. The Morgan fingerprint density at radius 3 is 2.81 bits per heavy atom. The van der Waals surface area contributed by atoms with Crippen molar-refractivity contribution in [3.05, 3.63) is 53.6 Å². The minimum absolute atomic E-state index is 0.0110. The molecule has 4 aliphatic heterocycles. The number of nitrogens with zero attached hydrogens (tertiary/aromatic N) is 4. The molecule has 7 nitrogen and oxygen atoms in total. The lowest BCUT2D eigenvalue weighted by molar-refractivity contribution is 0.107. The molecule has 0 radical (unpaired) electrons. The number of benzene rings is 3. The Labute approximate surface area is 246 Å². The van der Waals surface area contributed by atoms with E-state index in [2.05, 4.69) is 26.0 Å². The fourth-order valence-electron chi connectivity index (χ4n) is 7.86. The van der Waals surface area contributed by atoms with E-state index in [1.165, 1.54) is 24.3 Å². The summed E-state index contributed by atoms with van der Waals surface area (Å²) in [6, 6.07) is 9.54. The second kappa shape index (κ2) is 9.73. The van der Waals surface area contributed by atoms with Crippen LogP contribution < -0.4 is 15.0 Å². The highest BCUT2D eigenvalue weighted by molar-refractivity contribution is 6.04. The van der Waals surface area contributed by atoms with E-state index in [1.807, 2.05) is 0 Å². The van der Waals surface area contributed by atoms with Gasteiger partial charge in [-0.2, -0.15) is 9.97 Å². The molecule has 4 aromatic rings. The number of hydrogen-bond acceptors (Lipinski definition) is 7. The number of phenolic OH excluding ortho intramolecular Hbond substituents is 1. The van der Waals surface area contributed by atoms with Crippen molar-refractivity contribution >= 4 is 27.5 Å². The Balaban J connectivity index is 1.28. The maximum Gasteiger partial charge on any atom is 0.319 e. The van der Waals surface area contributed by atoms with Gasteiger partial charge in [-0.3, -0.25) is 4.90 Å². The number of phenols is 1. The first-order chi connectivity index (χ1) is 20.8. The van der Waals surface area contributed by atoms with Crippen molar-refractivity contribution in [2.24, 2.45) is 0 Å². The smallest absolute Gasteiger partial charge is 0.319 e. The first-order valence-corrected chi connectivity index (χ1v) is 14.8. The molecule has 0 saturated carbocycles. The Hall–Kier alpha value is -4.07. The largest absolute Gasteiger partial charge is 0.508 e. The number of fused-ring (bicyclic) bond motifs is 5. The van der Waals surface area contributed by atoms with Crippen LogP contribution in [0.2, 0.25) is 0 Å². The number of alkyl halides is 1. The van der Waals surface area contributed by atoms with Gasteiger partial charge in [-0.05, 0) is 61.0 Å². The van der Waals surface area contributed by atoms with Crippen LogP contribution in [0.25, 0.3) is 32.8 Å². The summed E-state index contributed by atoms with van der Waals surface area (Å²) < 4.78 is 52.1. The first-order valence-electron chi connectivity index (χ1n) is 14.8. The van der Waals surface area contributed by atoms with Crippen molar-refractivity contribution in [2.75, 3.05) is 37.7 Å². The quantitative estimate of drug-likeness (QED) is 0.322. The SMILES string of the molecule is C#Cc1c(F)ccc2cc(O)cc(-c3ccc4c(N5C[C@@H]6C[C@H]5CN6)nc(OC[C@@]56CCCN5C[C@H](F)C6)nc4c3F)c12. The standard InChI is InChI=1S/C33H30F3N5O2/c1-2-23-27(35)7-4-18-10-22(42)12-26(28(18)23)24-5-6-25-30(29(24)36)38-32(39-31(25)41-16-20-11-21(41)14-37-20)43-17-33-8-3-9-40(33)15-19(34)13-33/h1,4-7,10,12,19-21,37,42H,3,8-9,11,13-17H2/t19-,20+,21+,33+/m1/s1. The lowest BCUT2D eigenvalue weighted by atomic mass is 9.93. The number of anilines is 1. The predicted octanol–water partition coefficient (Wildman–Crippen LogP) is 4.92. The minimum Gasteiger partial charge on any atom is -0.508 e. The first kappa shape index (κ1) is 26.5. The molecule has 4 fully saturated rings. The third-order valence-corrected chi connectivity index (χ3v) is 9.81. The molecule has 2 bridgehead atoms. The van der Waals surface area contributed by atoms with Crippen LogP contribution in [-0.2, 0) is 0 Å². The number of nitrogens with one attached hydrogen (secondary N) is 1. The van der Waals surface area contributed by atoms with Crippen LogP contribution in [0.4, 0.5) is 19.0 Å². The summed E-state index contributed by atoms with van der Waals surface area (Å²) in [4.78, 5) is 13.7. The van der Waals surface area contributed by atoms with Gasteiger partial charge in [-0.25, -0.2) is 13.2 Å². The fourth-order valence-corrected chi connectivity index (χ4v) is 7.86. The lowest BCUT2D eigenvalue weighted by Crippen LogP contribution is -2.44. The summed E-state index contributed by atoms with van der Waals surface area (Å²) >= 11 is 0. The zero-order valence-corrected chi connectivity index (χ0v) is 23.4. The van der Waals surface area contributed by atoms with Crippen LogP contribution >= 0.6 is 0 Å². The number of aromatic nitrogens is 2. The van der Waals surface area contributed by atoms with E-state index in [1.54, 1.807) is 12.1 Å². The molecular formula is C33H30F3N5O2. The van der Waals surface area contributed by atoms with Gasteiger partial charge in [-0.1, -0.05) is 18.1 Å². The summed E-state index contributed by atoms with van der Waals surface area (Å²) in [6.45, 7) is 2.97. The predicted molar refractivity (Wildman–Crippen MR) is 158 cm³/mol. The molecule has 0 spiro atoms. The number of rotatable bonds is 5. The maximum atomic E-state index is 16.7. The molecule has 10 heteroatoms. The van der Waals surface area contributed by atoms with Crippen molar-refractivity contribution in [3.8, 4) is 35.2 Å². The molecule has 0 aliphatic carbocycles. The van der Waals surface area contributed by atoms with E-state index in [9.17, 15) is 13.9 Å². The third kappa shape index (κ3) is 4.13. The van der Waals surface area contributed by atoms with Crippen LogP contribution in [0.15, 0.2) is 36.4 Å². The molecule has 0 unspecified atom stereocenters. The van der Waals surface area contributed by atoms with Gasteiger partial charge in [-0.15, -0.1) is 6.42 Å². The Kier molecular flexibility index (Phi) is 6.01. The van der Waals surface area contributed by atoms with Gasteiger partial charge in [0, 0.05) is 54.5 Å². The number of ether oxygens (including phenoxy) is 1. The van der Waals surface area contributed by atoms with E-state index in [-0.39, 0.29) is 46.6 Å². The van der Waals surface area contributed by atoms with Crippen LogP contribution in [0.5, 0.6) is 11.8 Å². The summed E-state index contributed by atoms with van der Waals surface area (Å²) in [7, 11) is 0. The van der Waals surface area contributed by atoms with Crippen LogP contribution in [0.1, 0.15) is 31.2 Å². The molecule has 8 rings (SSSR count). The van der Waals surface area contributed by atoms with Gasteiger partial charge >= 0.3 is 6.01 Å². The maximum absolute atomic E-state index is 16.7. The number of hydrogen-bond donors (Lipinski definition) is 2. The van der Waals surface area contributed by atoms with E-state index in [4.69, 9.17) is 16.1 Å². The second-order valence-electron chi connectivity index (χ2n) is 12.3. The number of aromatic hydroxyl groups is 1. The molecule has 4 saturated heterocycles. The number of halogens is 3. The normalized spacial score (nSPS) is 26.5. The Bertz CT molecular complexity index is 1840. The average Bonchev–Trinajstić information content (AvgIpc) is 3.77. The second-order valence-corrected chi connectivity index (χ2v) is 12.3. The highest BCUT2D eigenvalue weighted by Crippen LogP contribution is 2.43. The summed E-state index contributed by atoms with van der Waals surface area (Å²) in [5.74, 6) is 1.61. The molecule has 0 amide bonds. The molecule has 4 aliphatic rings. The zero-order chi connectivity index (χ0) is 29.5. The molecule has 43 heavy (non-hydrogen) atoms. The number of terminal acetylenes is 1. The van der Waals surface area contributed by atoms with Crippen molar-refractivity contribution in [3.63, 3.8) is 0 Å². The van der Waals surface area contributed by atoms with Gasteiger partial charge in [0.2, 0.25) is 0 Å². The van der Waals surface area contributed by atoms with Crippen LogP contribution in [-0.4, -0.2) is 76.6 Å². The molecule has 4 atom stereocenters. The third-order valence-electron chi connectivity index (χ3n) is 9.81. The molecule has 1 aromatic heterocycles. The van der Waals surface area contributed by atoms with Crippen LogP contribution in [0, 0.1) is 24.0 Å². The number of piperazine rings is 1. The van der Waals surface area contributed by atoms with Gasteiger partial charge in [0.05, 0.1) is 11.1 Å². The average molecular weight is 586 g/mol.